The first-order valence-electron chi connectivity index (χ1n) is 5.04. The molecule has 0 saturated carbocycles. The molecular formula is C10H9F3O4S. The Bertz CT molecular complexity index is 538. The molecule has 0 amide bonds. The highest BCUT2D eigenvalue weighted by molar-refractivity contribution is 7.87. The van der Waals surface area contributed by atoms with E-state index >= 15 is 0 Å². The van der Waals surface area contributed by atoms with E-state index in [4.69, 9.17) is 4.74 Å². The minimum atomic E-state index is -5.62. The van der Waals surface area contributed by atoms with Gasteiger partial charge >= 0.3 is 15.6 Å². The van der Waals surface area contributed by atoms with Gasteiger partial charge in [0.25, 0.3) is 0 Å². The zero-order chi connectivity index (χ0) is 13.4. The van der Waals surface area contributed by atoms with E-state index < -0.39 is 21.9 Å². The molecule has 2 rings (SSSR count). The molecule has 1 atom stereocenters. The standard InChI is InChI=1S/C10H9F3O4S/c11-10(12,13)18(14,15)17-9-6-5-7-3-1-2-4-8(7)16-9/h1-4,9H,5-6H2. The van der Waals surface area contributed by atoms with E-state index in [1.807, 2.05) is 0 Å². The smallest absolute Gasteiger partial charge is 0.463 e. The summed E-state index contributed by atoms with van der Waals surface area (Å²) in [5, 5.41) is 0. The number of benzene rings is 1. The summed E-state index contributed by atoms with van der Waals surface area (Å²) in [6.45, 7) is 0. The second-order valence-corrected chi connectivity index (χ2v) is 5.25. The molecule has 8 heteroatoms. The van der Waals surface area contributed by atoms with E-state index in [1.54, 1.807) is 24.3 Å². The van der Waals surface area contributed by atoms with Gasteiger partial charge in [0, 0.05) is 6.42 Å². The maximum atomic E-state index is 12.1. The Kier molecular flexibility index (Phi) is 3.24. The molecule has 100 valence electrons. The molecular weight excluding hydrogens is 273 g/mol. The summed E-state index contributed by atoms with van der Waals surface area (Å²) in [7, 11) is -5.62. The minimum absolute atomic E-state index is 0.0479. The summed E-state index contributed by atoms with van der Waals surface area (Å²) in [5.41, 5.74) is -4.63. The number of fused-ring (bicyclic) bond motifs is 1. The van der Waals surface area contributed by atoms with E-state index in [0.29, 0.717) is 12.2 Å². The van der Waals surface area contributed by atoms with Crippen LogP contribution in [0.15, 0.2) is 24.3 Å². The number of halogens is 3. The topological polar surface area (TPSA) is 52.6 Å². The lowest BCUT2D eigenvalue weighted by atomic mass is 10.1. The van der Waals surface area contributed by atoms with Crippen molar-refractivity contribution in [1.29, 1.82) is 0 Å². The summed E-state index contributed by atoms with van der Waals surface area (Å²) in [4.78, 5) is 0. The second kappa shape index (κ2) is 4.43. The fourth-order valence-corrected chi connectivity index (χ4v) is 2.09. The molecule has 0 spiro atoms. The van der Waals surface area contributed by atoms with Crippen molar-refractivity contribution in [2.75, 3.05) is 0 Å². The normalized spacial score (nSPS) is 20.1. The van der Waals surface area contributed by atoms with E-state index in [2.05, 4.69) is 4.18 Å². The predicted octanol–water partition coefficient (Wildman–Crippen LogP) is 2.20. The molecule has 1 aromatic carbocycles. The average Bonchev–Trinajstić information content (AvgIpc) is 2.27. The first-order chi connectivity index (χ1) is 8.29. The molecule has 1 unspecified atom stereocenters. The van der Waals surface area contributed by atoms with Gasteiger partial charge in [-0.3, -0.25) is 0 Å². The number of hydrogen-bond acceptors (Lipinski definition) is 4. The zero-order valence-corrected chi connectivity index (χ0v) is 9.79. The van der Waals surface area contributed by atoms with Crippen molar-refractivity contribution in [2.24, 2.45) is 0 Å². The summed E-state index contributed by atoms with van der Waals surface area (Å²) in [5.74, 6) is 0.339. The van der Waals surface area contributed by atoms with Crippen LogP contribution in [0, 0.1) is 0 Å². The van der Waals surface area contributed by atoms with Gasteiger partial charge in [0.2, 0.25) is 6.29 Å². The molecule has 1 heterocycles. The van der Waals surface area contributed by atoms with Crippen LogP contribution in [0.4, 0.5) is 13.2 Å². The summed E-state index contributed by atoms with van der Waals surface area (Å²) in [6, 6.07) is 6.70. The van der Waals surface area contributed by atoms with Crippen molar-refractivity contribution in [3.8, 4) is 5.75 Å². The van der Waals surface area contributed by atoms with Crippen LogP contribution in [0.5, 0.6) is 5.75 Å². The number of alkyl halides is 3. The maximum absolute atomic E-state index is 12.1. The van der Waals surface area contributed by atoms with Gasteiger partial charge in [0.1, 0.15) is 5.75 Å². The van der Waals surface area contributed by atoms with Crippen LogP contribution in [-0.4, -0.2) is 20.2 Å². The first kappa shape index (κ1) is 13.2. The highest BCUT2D eigenvalue weighted by atomic mass is 32.2. The number of rotatable bonds is 2. The fraction of sp³-hybridized carbons (Fsp3) is 0.400. The van der Waals surface area contributed by atoms with Crippen LogP contribution >= 0.6 is 0 Å². The molecule has 1 aliphatic rings. The van der Waals surface area contributed by atoms with Crippen LogP contribution in [0.25, 0.3) is 0 Å². The van der Waals surface area contributed by atoms with Crippen molar-refractivity contribution >= 4 is 10.1 Å². The number of ether oxygens (including phenoxy) is 1. The Labute approximate surface area is 101 Å². The largest absolute Gasteiger partial charge is 0.523 e. The quantitative estimate of drug-likeness (QED) is 0.616. The molecule has 1 aliphatic heterocycles. The SMILES string of the molecule is O=S(=O)(OC1CCc2ccccc2O1)C(F)(F)F. The number of aryl methyl sites for hydroxylation is 1. The first-order valence-corrected chi connectivity index (χ1v) is 6.44. The van der Waals surface area contributed by atoms with Crippen LogP contribution in [0.1, 0.15) is 12.0 Å². The Morgan fingerprint density at radius 2 is 1.94 bits per heavy atom. The molecule has 1 aromatic rings. The second-order valence-electron chi connectivity index (χ2n) is 3.69. The Morgan fingerprint density at radius 3 is 2.61 bits per heavy atom. The van der Waals surface area contributed by atoms with Gasteiger partial charge in [-0.15, -0.1) is 0 Å². The van der Waals surface area contributed by atoms with Gasteiger partial charge in [-0.25, -0.2) is 4.18 Å². The number of hydrogen-bond donors (Lipinski definition) is 0. The van der Waals surface area contributed by atoms with Crippen molar-refractivity contribution < 1.29 is 30.5 Å². The highest BCUT2D eigenvalue weighted by Crippen LogP contribution is 2.31. The zero-order valence-electron chi connectivity index (χ0n) is 8.98. The molecule has 0 fully saturated rings. The molecule has 0 radical (unpaired) electrons. The van der Waals surface area contributed by atoms with Crippen molar-refractivity contribution in [3.63, 3.8) is 0 Å². The van der Waals surface area contributed by atoms with E-state index in [1.165, 1.54) is 0 Å². The minimum Gasteiger partial charge on any atom is -0.463 e. The summed E-state index contributed by atoms with van der Waals surface area (Å²) < 4.78 is 67.0. The van der Waals surface area contributed by atoms with Gasteiger partial charge in [0.05, 0.1) is 0 Å². The average molecular weight is 282 g/mol. The predicted molar refractivity (Wildman–Crippen MR) is 55.2 cm³/mol. The Morgan fingerprint density at radius 1 is 1.28 bits per heavy atom. The van der Waals surface area contributed by atoms with Gasteiger partial charge in [-0.2, -0.15) is 21.6 Å². The lowest BCUT2D eigenvalue weighted by molar-refractivity contribution is -0.0755. The molecule has 18 heavy (non-hydrogen) atoms. The molecule has 0 saturated heterocycles. The monoisotopic (exact) mass is 282 g/mol. The van der Waals surface area contributed by atoms with E-state index in [9.17, 15) is 21.6 Å². The molecule has 0 bridgehead atoms. The lowest BCUT2D eigenvalue weighted by Gasteiger charge is -2.25. The van der Waals surface area contributed by atoms with Gasteiger partial charge in [-0.05, 0) is 18.1 Å². The van der Waals surface area contributed by atoms with Gasteiger partial charge < -0.3 is 4.74 Å². The van der Waals surface area contributed by atoms with E-state index in [-0.39, 0.29) is 6.42 Å². The van der Waals surface area contributed by atoms with Crippen molar-refractivity contribution in [3.05, 3.63) is 29.8 Å². The molecule has 0 N–H and O–H groups in total. The van der Waals surface area contributed by atoms with Gasteiger partial charge in [0.15, 0.2) is 0 Å². The maximum Gasteiger partial charge on any atom is 0.523 e. The number of para-hydroxylation sites is 1. The Balaban J connectivity index is 2.12. The highest BCUT2D eigenvalue weighted by Gasteiger charge is 2.49. The summed E-state index contributed by atoms with van der Waals surface area (Å²) in [6.07, 6.45) is -0.993. The van der Waals surface area contributed by atoms with Crippen LogP contribution < -0.4 is 4.74 Å². The third-order valence-electron chi connectivity index (χ3n) is 2.40. The van der Waals surface area contributed by atoms with Crippen LogP contribution in [-0.2, 0) is 20.7 Å². The third kappa shape index (κ3) is 2.59. The molecule has 0 aliphatic carbocycles. The summed E-state index contributed by atoms with van der Waals surface area (Å²) >= 11 is 0. The fourth-order valence-electron chi connectivity index (χ4n) is 1.56. The molecule has 0 aromatic heterocycles. The lowest BCUT2D eigenvalue weighted by Crippen LogP contribution is -2.34. The third-order valence-corrected chi connectivity index (χ3v) is 3.43. The van der Waals surface area contributed by atoms with Gasteiger partial charge in [-0.1, -0.05) is 18.2 Å². The Hall–Kier alpha value is -1.28. The van der Waals surface area contributed by atoms with Crippen LogP contribution in [0.2, 0.25) is 0 Å². The van der Waals surface area contributed by atoms with Crippen LogP contribution in [0.3, 0.4) is 0 Å². The van der Waals surface area contributed by atoms with Crippen molar-refractivity contribution in [2.45, 2.75) is 24.6 Å². The van der Waals surface area contributed by atoms with E-state index in [0.717, 1.165) is 5.56 Å². The van der Waals surface area contributed by atoms with Crippen molar-refractivity contribution in [1.82, 2.24) is 0 Å². The molecule has 4 nitrogen and oxygen atoms in total.